The van der Waals surface area contributed by atoms with Crippen molar-refractivity contribution in [1.82, 2.24) is 10.2 Å². The maximum atomic E-state index is 13.4. The Morgan fingerprint density at radius 2 is 1.76 bits per heavy atom. The van der Waals surface area contributed by atoms with Gasteiger partial charge in [-0.25, -0.2) is 12.8 Å². The summed E-state index contributed by atoms with van der Waals surface area (Å²) < 4.78 is 46.2. The number of carbonyl (C=O) groups is 1. The van der Waals surface area contributed by atoms with E-state index in [4.69, 9.17) is 4.74 Å². The average molecular weight is 478 g/mol. The Morgan fingerprint density at radius 1 is 1.12 bits per heavy atom. The molecule has 2 aromatic carbocycles. The molecule has 1 heterocycles. The number of likely N-dealkylation sites (tertiary alicyclic amines) is 1. The second-order valence-electron chi connectivity index (χ2n) is 8.39. The molecule has 180 valence electrons. The maximum absolute atomic E-state index is 13.4. The molecule has 0 saturated carbocycles. The molecule has 33 heavy (non-hydrogen) atoms. The summed E-state index contributed by atoms with van der Waals surface area (Å²) in [5.41, 5.74) is 0.213. The van der Waals surface area contributed by atoms with Crippen molar-refractivity contribution >= 4 is 21.6 Å². The van der Waals surface area contributed by atoms with Crippen molar-refractivity contribution in [3.05, 3.63) is 54.3 Å². The summed E-state index contributed by atoms with van der Waals surface area (Å²) in [4.78, 5) is 15.0. The van der Waals surface area contributed by atoms with E-state index in [1.165, 1.54) is 68.5 Å². The Morgan fingerprint density at radius 3 is 2.36 bits per heavy atom. The molecule has 3 rings (SSSR count). The summed E-state index contributed by atoms with van der Waals surface area (Å²) in [6, 6.07) is 11.0. The molecule has 0 unspecified atom stereocenters. The van der Waals surface area contributed by atoms with Crippen LogP contribution in [0.5, 0.6) is 5.75 Å². The molecule has 0 bridgehead atoms. The summed E-state index contributed by atoms with van der Waals surface area (Å²) in [6.07, 6.45) is 3.19. The highest BCUT2D eigenvalue weighted by atomic mass is 32.2. The van der Waals surface area contributed by atoms with Gasteiger partial charge in [-0.1, -0.05) is 6.92 Å². The minimum Gasteiger partial charge on any atom is -0.497 e. The first kappa shape index (κ1) is 25.0. The number of hydrogen-bond acceptors (Lipinski definition) is 5. The number of benzene rings is 2. The topological polar surface area (TPSA) is 79.0 Å². The third kappa shape index (κ3) is 6.91. The summed E-state index contributed by atoms with van der Waals surface area (Å²) in [6.45, 7) is 5.39. The number of hydrogen-bond donors (Lipinski definition) is 1. The minimum atomic E-state index is -4.05. The van der Waals surface area contributed by atoms with Gasteiger partial charge in [-0.2, -0.15) is 0 Å². The number of rotatable bonds is 10. The van der Waals surface area contributed by atoms with Gasteiger partial charge in [0.25, 0.3) is 10.0 Å². The Kier molecular flexibility index (Phi) is 8.68. The van der Waals surface area contributed by atoms with Crippen molar-refractivity contribution < 1.29 is 22.3 Å². The highest BCUT2D eigenvalue weighted by molar-refractivity contribution is 7.92. The number of nitrogens with one attached hydrogen (secondary N) is 1. The number of sulfonamides is 1. The van der Waals surface area contributed by atoms with Crippen LogP contribution >= 0.6 is 0 Å². The molecule has 0 radical (unpaired) electrons. The van der Waals surface area contributed by atoms with Gasteiger partial charge >= 0.3 is 0 Å². The summed E-state index contributed by atoms with van der Waals surface area (Å²) in [5.74, 6) is 0.384. The maximum Gasteiger partial charge on any atom is 0.264 e. The van der Waals surface area contributed by atoms with E-state index in [0.717, 1.165) is 36.3 Å². The first-order chi connectivity index (χ1) is 15.8. The molecule has 1 aliphatic heterocycles. The Bertz CT molecular complexity index is 1010. The van der Waals surface area contributed by atoms with Gasteiger partial charge in [-0.3, -0.25) is 9.10 Å². The number of anilines is 1. The van der Waals surface area contributed by atoms with Crippen LogP contribution in [0.25, 0.3) is 0 Å². The normalized spacial score (nSPS) is 15.2. The van der Waals surface area contributed by atoms with E-state index in [2.05, 4.69) is 17.1 Å². The van der Waals surface area contributed by atoms with Crippen LogP contribution in [0, 0.1) is 11.7 Å². The lowest BCUT2D eigenvalue weighted by molar-refractivity contribution is -0.119. The van der Waals surface area contributed by atoms with Crippen LogP contribution in [0.4, 0.5) is 10.1 Å². The number of halogens is 1. The predicted molar refractivity (Wildman–Crippen MR) is 126 cm³/mol. The van der Waals surface area contributed by atoms with Gasteiger partial charge in [-0.15, -0.1) is 0 Å². The number of carbonyl (C=O) groups excluding carboxylic acids is 1. The summed E-state index contributed by atoms with van der Waals surface area (Å²) in [5, 5.41) is 2.82. The van der Waals surface area contributed by atoms with Gasteiger partial charge in [0.15, 0.2) is 0 Å². The molecule has 0 atom stereocenters. The second-order valence-corrected chi connectivity index (χ2v) is 10.3. The molecule has 0 spiro atoms. The van der Waals surface area contributed by atoms with Crippen molar-refractivity contribution in [1.29, 1.82) is 0 Å². The molecule has 0 aromatic heterocycles. The number of ether oxygens (including phenoxy) is 1. The summed E-state index contributed by atoms with van der Waals surface area (Å²) >= 11 is 0. The fourth-order valence-corrected chi connectivity index (χ4v) is 5.22. The monoisotopic (exact) mass is 477 g/mol. The first-order valence-electron chi connectivity index (χ1n) is 11.2. The molecular weight excluding hydrogens is 445 g/mol. The van der Waals surface area contributed by atoms with Gasteiger partial charge in [0.05, 0.1) is 17.7 Å². The third-order valence-electron chi connectivity index (χ3n) is 5.90. The molecule has 1 amide bonds. The van der Waals surface area contributed by atoms with E-state index < -0.39 is 28.3 Å². The van der Waals surface area contributed by atoms with E-state index >= 15 is 0 Å². The van der Waals surface area contributed by atoms with E-state index in [1.807, 2.05) is 0 Å². The Hall–Kier alpha value is -2.65. The Labute approximate surface area is 195 Å². The lowest BCUT2D eigenvalue weighted by atomic mass is 9.99. The molecular formula is C24H32FN3O4S. The standard InChI is InChI=1S/C24H32FN3O4S/c1-19-12-16-27(17-13-19)15-3-14-26-24(29)18-28(21-6-4-20(25)5-7-21)33(30,31)23-10-8-22(32-2)9-11-23/h4-11,19H,3,12-18H2,1-2H3,(H,26,29). The molecule has 1 aliphatic rings. The molecule has 9 heteroatoms. The van der Waals surface area contributed by atoms with Crippen LogP contribution < -0.4 is 14.4 Å². The molecule has 1 saturated heterocycles. The van der Waals surface area contributed by atoms with Gasteiger partial charge in [0, 0.05) is 6.54 Å². The van der Waals surface area contributed by atoms with E-state index in [1.54, 1.807) is 0 Å². The largest absolute Gasteiger partial charge is 0.497 e. The first-order valence-corrected chi connectivity index (χ1v) is 12.6. The van der Waals surface area contributed by atoms with E-state index in [9.17, 15) is 17.6 Å². The minimum absolute atomic E-state index is 0.0137. The van der Waals surface area contributed by atoms with E-state index in [-0.39, 0.29) is 10.6 Å². The van der Waals surface area contributed by atoms with Gasteiger partial charge in [0.2, 0.25) is 5.91 Å². The molecule has 0 aliphatic carbocycles. The van der Waals surface area contributed by atoms with Crippen LogP contribution in [0.3, 0.4) is 0 Å². The lowest BCUT2D eigenvalue weighted by Gasteiger charge is -2.30. The number of piperidine rings is 1. The zero-order chi connectivity index (χ0) is 23.8. The van der Waals surface area contributed by atoms with Crippen LogP contribution in [0.15, 0.2) is 53.4 Å². The van der Waals surface area contributed by atoms with E-state index in [0.29, 0.717) is 12.3 Å². The van der Waals surface area contributed by atoms with Crippen molar-refractivity contribution in [2.45, 2.75) is 31.1 Å². The smallest absolute Gasteiger partial charge is 0.264 e. The van der Waals surface area contributed by atoms with Crippen molar-refractivity contribution in [2.75, 3.05) is 44.1 Å². The number of amides is 1. The SMILES string of the molecule is COc1ccc(S(=O)(=O)N(CC(=O)NCCCN2CCC(C)CC2)c2ccc(F)cc2)cc1. The molecule has 1 fully saturated rings. The quantitative estimate of drug-likeness (QED) is 0.532. The molecule has 1 N–H and O–H groups in total. The number of nitrogens with zero attached hydrogens (tertiary/aromatic N) is 2. The average Bonchev–Trinajstić information content (AvgIpc) is 2.82. The fraction of sp³-hybridized carbons (Fsp3) is 0.458. The van der Waals surface area contributed by atoms with Gasteiger partial charge in [-0.05, 0) is 93.3 Å². The van der Waals surface area contributed by atoms with Crippen molar-refractivity contribution in [3.63, 3.8) is 0 Å². The highest BCUT2D eigenvalue weighted by Gasteiger charge is 2.27. The Balaban J connectivity index is 1.65. The fourth-order valence-electron chi connectivity index (χ4n) is 3.80. The molecule has 7 nitrogen and oxygen atoms in total. The number of methoxy groups -OCH3 is 1. The van der Waals surface area contributed by atoms with Crippen LogP contribution in [0.2, 0.25) is 0 Å². The van der Waals surface area contributed by atoms with Crippen LogP contribution in [0.1, 0.15) is 26.2 Å². The van der Waals surface area contributed by atoms with Crippen molar-refractivity contribution in [2.24, 2.45) is 5.92 Å². The zero-order valence-electron chi connectivity index (χ0n) is 19.2. The van der Waals surface area contributed by atoms with Crippen LogP contribution in [-0.4, -0.2) is 59.1 Å². The second kappa shape index (κ2) is 11.5. The van der Waals surface area contributed by atoms with Crippen molar-refractivity contribution in [3.8, 4) is 5.75 Å². The van der Waals surface area contributed by atoms with Gasteiger partial charge < -0.3 is 15.0 Å². The highest BCUT2D eigenvalue weighted by Crippen LogP contribution is 2.25. The van der Waals surface area contributed by atoms with Crippen LogP contribution in [-0.2, 0) is 14.8 Å². The summed E-state index contributed by atoms with van der Waals surface area (Å²) in [7, 11) is -2.56. The molecule has 2 aromatic rings. The van der Waals surface area contributed by atoms with Gasteiger partial charge in [0.1, 0.15) is 18.1 Å². The zero-order valence-corrected chi connectivity index (χ0v) is 20.0. The predicted octanol–water partition coefficient (Wildman–Crippen LogP) is 3.27. The lowest BCUT2D eigenvalue weighted by Crippen LogP contribution is -2.42. The third-order valence-corrected chi connectivity index (χ3v) is 7.69.